The van der Waals surface area contributed by atoms with E-state index in [4.69, 9.17) is 4.52 Å². The van der Waals surface area contributed by atoms with E-state index in [0.717, 1.165) is 16.6 Å². The Labute approximate surface area is 96.8 Å². The summed E-state index contributed by atoms with van der Waals surface area (Å²) >= 11 is 0. The summed E-state index contributed by atoms with van der Waals surface area (Å²) in [6.07, 6.45) is 4.82. The molecule has 1 aromatic carbocycles. The van der Waals surface area contributed by atoms with Crippen LogP contribution in [0.3, 0.4) is 0 Å². The molecular formula is C12H8N4O. The van der Waals surface area contributed by atoms with Crippen molar-refractivity contribution in [2.24, 2.45) is 0 Å². The fraction of sp³-hybridized carbons (Fsp3) is 0. The molecule has 17 heavy (non-hydrogen) atoms. The molecule has 0 saturated heterocycles. The molecule has 0 saturated carbocycles. The quantitative estimate of drug-likeness (QED) is 0.668. The van der Waals surface area contributed by atoms with Crippen molar-refractivity contribution >= 4 is 17.1 Å². The molecule has 2 aromatic heterocycles. The number of hydrogen-bond donors (Lipinski definition) is 0. The van der Waals surface area contributed by atoms with Crippen molar-refractivity contribution in [2.75, 3.05) is 0 Å². The first kappa shape index (κ1) is 9.65. The second-order valence-electron chi connectivity index (χ2n) is 3.42. The summed E-state index contributed by atoms with van der Waals surface area (Å²) in [5.41, 5.74) is 2.48. The molecule has 0 aliphatic rings. The molecule has 0 N–H and O–H groups in total. The van der Waals surface area contributed by atoms with Gasteiger partial charge in [-0.1, -0.05) is 11.7 Å². The third-order valence-corrected chi connectivity index (χ3v) is 2.34. The van der Waals surface area contributed by atoms with Gasteiger partial charge in [0.1, 0.15) is 0 Å². The number of nitrogens with zero attached hydrogens (tertiary/aromatic N) is 4. The highest BCUT2D eigenvalue weighted by Gasteiger charge is 2.07. The lowest BCUT2D eigenvalue weighted by Gasteiger charge is -1.97. The molecule has 2 heterocycles. The Morgan fingerprint density at radius 3 is 2.71 bits per heavy atom. The van der Waals surface area contributed by atoms with Crippen molar-refractivity contribution in [2.45, 2.75) is 0 Å². The highest BCUT2D eigenvalue weighted by atomic mass is 16.5. The molecule has 0 aliphatic heterocycles. The molecule has 0 spiro atoms. The van der Waals surface area contributed by atoms with E-state index in [-0.39, 0.29) is 0 Å². The summed E-state index contributed by atoms with van der Waals surface area (Å²) in [6.45, 7) is 3.57. The summed E-state index contributed by atoms with van der Waals surface area (Å²) in [5, 5.41) is 3.86. The lowest BCUT2D eigenvalue weighted by atomic mass is 10.2. The first-order valence-electron chi connectivity index (χ1n) is 5.04. The normalized spacial score (nSPS) is 10.6. The van der Waals surface area contributed by atoms with Gasteiger partial charge in [0.05, 0.1) is 11.0 Å². The molecule has 0 radical (unpaired) electrons. The Hall–Kier alpha value is -2.56. The van der Waals surface area contributed by atoms with Crippen molar-refractivity contribution in [1.82, 2.24) is 20.1 Å². The van der Waals surface area contributed by atoms with E-state index >= 15 is 0 Å². The van der Waals surface area contributed by atoms with E-state index in [9.17, 15) is 0 Å². The molecule has 82 valence electrons. The van der Waals surface area contributed by atoms with E-state index in [1.54, 1.807) is 12.4 Å². The smallest absolute Gasteiger partial charge is 0.250 e. The molecule has 0 amide bonds. The van der Waals surface area contributed by atoms with Crippen LogP contribution in [-0.4, -0.2) is 20.1 Å². The van der Waals surface area contributed by atoms with Gasteiger partial charge in [-0.3, -0.25) is 9.97 Å². The Bertz CT molecular complexity index is 690. The monoisotopic (exact) mass is 224 g/mol. The third kappa shape index (κ3) is 1.67. The first-order valence-corrected chi connectivity index (χ1v) is 5.04. The molecule has 0 fully saturated rings. The lowest BCUT2D eigenvalue weighted by molar-refractivity contribution is 0.411. The lowest BCUT2D eigenvalue weighted by Crippen LogP contribution is -1.85. The number of aromatic nitrogens is 4. The van der Waals surface area contributed by atoms with Gasteiger partial charge in [0.2, 0.25) is 11.7 Å². The molecule has 5 nitrogen and oxygen atoms in total. The van der Waals surface area contributed by atoms with Crippen LogP contribution in [0.5, 0.6) is 0 Å². The van der Waals surface area contributed by atoms with Gasteiger partial charge >= 0.3 is 0 Å². The Kier molecular flexibility index (Phi) is 2.15. The maximum Gasteiger partial charge on any atom is 0.250 e. The van der Waals surface area contributed by atoms with Crippen molar-refractivity contribution < 1.29 is 4.52 Å². The highest BCUT2D eigenvalue weighted by Crippen LogP contribution is 2.19. The van der Waals surface area contributed by atoms with Gasteiger partial charge in [-0.15, -0.1) is 0 Å². The third-order valence-electron chi connectivity index (χ3n) is 2.34. The second kappa shape index (κ2) is 3.79. The first-order chi connectivity index (χ1) is 8.36. The Morgan fingerprint density at radius 2 is 1.94 bits per heavy atom. The Morgan fingerprint density at radius 1 is 1.12 bits per heavy atom. The summed E-state index contributed by atoms with van der Waals surface area (Å²) in [4.78, 5) is 12.6. The maximum absolute atomic E-state index is 4.97. The van der Waals surface area contributed by atoms with Gasteiger partial charge in [0, 0.05) is 18.0 Å². The molecule has 3 aromatic rings. The van der Waals surface area contributed by atoms with Crippen LogP contribution in [0.25, 0.3) is 28.5 Å². The number of hydrogen-bond acceptors (Lipinski definition) is 5. The minimum absolute atomic E-state index is 0.402. The summed E-state index contributed by atoms with van der Waals surface area (Å²) in [5.74, 6) is 0.923. The summed E-state index contributed by atoms with van der Waals surface area (Å²) in [6, 6.07) is 5.64. The number of fused-ring (bicyclic) bond motifs is 1. The molecule has 0 aliphatic carbocycles. The van der Waals surface area contributed by atoms with Crippen molar-refractivity contribution in [3.63, 3.8) is 0 Å². The topological polar surface area (TPSA) is 64.7 Å². The predicted octanol–water partition coefficient (Wildman–Crippen LogP) is 2.32. The van der Waals surface area contributed by atoms with Crippen LogP contribution in [0, 0.1) is 0 Å². The largest absolute Gasteiger partial charge is 0.334 e. The fourth-order valence-corrected chi connectivity index (χ4v) is 1.54. The average Bonchev–Trinajstić information content (AvgIpc) is 2.87. The Balaban J connectivity index is 2.14. The standard InChI is InChI=1S/C12H8N4O/c1-2-11-15-12(16-17-11)8-3-4-9-10(7-8)14-6-5-13-9/h2-7H,1H2. The highest BCUT2D eigenvalue weighted by molar-refractivity contribution is 5.79. The zero-order valence-electron chi connectivity index (χ0n) is 8.87. The predicted molar refractivity (Wildman–Crippen MR) is 62.9 cm³/mol. The van der Waals surface area contributed by atoms with E-state index < -0.39 is 0 Å². The van der Waals surface area contributed by atoms with Crippen LogP contribution in [0.15, 0.2) is 41.7 Å². The van der Waals surface area contributed by atoms with Crippen LogP contribution < -0.4 is 0 Å². The average molecular weight is 224 g/mol. The van der Waals surface area contributed by atoms with Gasteiger partial charge in [0.15, 0.2) is 0 Å². The van der Waals surface area contributed by atoms with Crippen LogP contribution in [0.2, 0.25) is 0 Å². The molecule has 5 heteroatoms. The van der Waals surface area contributed by atoms with E-state index in [1.165, 1.54) is 6.08 Å². The molecule has 0 bridgehead atoms. The van der Waals surface area contributed by atoms with Crippen molar-refractivity contribution in [1.29, 1.82) is 0 Å². The van der Waals surface area contributed by atoms with Gasteiger partial charge in [0.25, 0.3) is 0 Å². The number of rotatable bonds is 2. The van der Waals surface area contributed by atoms with Crippen LogP contribution >= 0.6 is 0 Å². The molecule has 0 atom stereocenters. The van der Waals surface area contributed by atoms with E-state index in [0.29, 0.717) is 11.7 Å². The zero-order valence-corrected chi connectivity index (χ0v) is 8.87. The van der Waals surface area contributed by atoms with Gasteiger partial charge < -0.3 is 4.52 Å². The van der Waals surface area contributed by atoms with E-state index in [1.807, 2.05) is 18.2 Å². The number of benzene rings is 1. The maximum atomic E-state index is 4.97. The minimum Gasteiger partial charge on any atom is -0.334 e. The summed E-state index contributed by atoms with van der Waals surface area (Å²) in [7, 11) is 0. The van der Waals surface area contributed by atoms with Crippen molar-refractivity contribution in [3.05, 3.63) is 43.1 Å². The van der Waals surface area contributed by atoms with Crippen LogP contribution in [-0.2, 0) is 0 Å². The van der Waals surface area contributed by atoms with Gasteiger partial charge in [-0.2, -0.15) is 4.98 Å². The fourth-order valence-electron chi connectivity index (χ4n) is 1.54. The molecule has 0 unspecified atom stereocenters. The SMILES string of the molecule is C=Cc1nc(-c2ccc3nccnc3c2)no1. The van der Waals surface area contributed by atoms with Crippen molar-refractivity contribution in [3.8, 4) is 11.4 Å². The zero-order chi connectivity index (χ0) is 11.7. The van der Waals surface area contributed by atoms with Gasteiger partial charge in [-0.05, 0) is 24.3 Å². The summed E-state index contributed by atoms with van der Waals surface area (Å²) < 4.78 is 4.97. The second-order valence-corrected chi connectivity index (χ2v) is 3.42. The van der Waals surface area contributed by atoms with Crippen LogP contribution in [0.4, 0.5) is 0 Å². The van der Waals surface area contributed by atoms with Gasteiger partial charge in [-0.25, -0.2) is 0 Å². The van der Waals surface area contributed by atoms with E-state index in [2.05, 4.69) is 26.7 Å². The molecular weight excluding hydrogens is 216 g/mol. The minimum atomic E-state index is 0.402. The molecule has 3 rings (SSSR count). The van der Waals surface area contributed by atoms with Crippen LogP contribution in [0.1, 0.15) is 5.89 Å².